The number of phenols is 2. The number of hydrogen-bond donors (Lipinski definition) is 4. The van der Waals surface area contributed by atoms with E-state index in [0.717, 1.165) is 11.1 Å². The van der Waals surface area contributed by atoms with Gasteiger partial charge in [0.15, 0.2) is 11.5 Å². The van der Waals surface area contributed by atoms with Gasteiger partial charge in [-0.1, -0.05) is 12.1 Å². The number of fused-ring (bicyclic) bond motifs is 1. The number of aryl methyl sites for hydroxylation is 2. The Balaban J connectivity index is 1.93. The zero-order valence-electron chi connectivity index (χ0n) is 17.6. The Labute approximate surface area is 179 Å². The Hall–Kier alpha value is -3.52. The van der Waals surface area contributed by atoms with Gasteiger partial charge in [-0.3, -0.25) is 9.89 Å². The Morgan fingerprint density at radius 2 is 1.94 bits per heavy atom. The van der Waals surface area contributed by atoms with Crippen molar-refractivity contribution >= 4 is 5.91 Å². The Bertz CT molecular complexity index is 1130. The van der Waals surface area contributed by atoms with E-state index in [1.54, 1.807) is 23.1 Å². The molecule has 0 unspecified atom stereocenters. The van der Waals surface area contributed by atoms with Gasteiger partial charge < -0.3 is 25.0 Å². The fraction of sp³-hybridized carbons (Fsp3) is 0.304. The standard InChI is InChI=1S/C23H25N3O5/c1-4-31-17-11-14(5-6-15(17)28)22-19-20(18-13(3)9-12(2)10-16(18)29)24-25-21(19)23(30)26(22)7-8-27/h5-6,9-11,22,27-29H,4,7-8H2,1-3H3,(H,24,25)/t22-/m0/s1. The zero-order chi connectivity index (χ0) is 22.3. The third-order valence-electron chi connectivity index (χ3n) is 5.50. The van der Waals surface area contributed by atoms with Crippen LogP contribution in [-0.4, -0.2) is 56.1 Å². The lowest BCUT2D eigenvalue weighted by Gasteiger charge is -2.26. The zero-order valence-corrected chi connectivity index (χ0v) is 17.6. The average Bonchev–Trinajstić information content (AvgIpc) is 3.24. The van der Waals surface area contributed by atoms with Crippen LogP contribution in [0.5, 0.6) is 17.2 Å². The molecule has 2 aromatic carbocycles. The highest BCUT2D eigenvalue weighted by atomic mass is 16.5. The minimum absolute atomic E-state index is 0.00305. The molecule has 162 valence electrons. The van der Waals surface area contributed by atoms with Crippen LogP contribution in [0.25, 0.3) is 11.3 Å². The maximum Gasteiger partial charge on any atom is 0.273 e. The van der Waals surface area contributed by atoms with Crippen molar-refractivity contribution in [3.05, 3.63) is 58.3 Å². The molecule has 0 saturated carbocycles. The van der Waals surface area contributed by atoms with E-state index in [4.69, 9.17) is 4.74 Å². The van der Waals surface area contributed by atoms with Crippen molar-refractivity contribution in [2.75, 3.05) is 19.8 Å². The van der Waals surface area contributed by atoms with Crippen LogP contribution in [0, 0.1) is 13.8 Å². The fourth-order valence-corrected chi connectivity index (χ4v) is 4.30. The number of carbonyl (C=O) groups excluding carboxylic acids is 1. The van der Waals surface area contributed by atoms with Gasteiger partial charge in [-0.05, 0) is 55.7 Å². The number of aliphatic hydroxyl groups is 1. The lowest BCUT2D eigenvalue weighted by atomic mass is 9.93. The second kappa shape index (κ2) is 7.96. The van der Waals surface area contributed by atoms with Crippen LogP contribution in [0.15, 0.2) is 30.3 Å². The molecule has 1 aromatic heterocycles. The number of ether oxygens (including phenoxy) is 1. The highest BCUT2D eigenvalue weighted by molar-refractivity contribution is 6.00. The number of hydrogen-bond acceptors (Lipinski definition) is 6. The lowest BCUT2D eigenvalue weighted by molar-refractivity contribution is 0.0706. The number of rotatable bonds is 6. The number of aromatic amines is 1. The second-order valence-electron chi connectivity index (χ2n) is 7.62. The first-order valence-electron chi connectivity index (χ1n) is 10.1. The topological polar surface area (TPSA) is 119 Å². The molecule has 1 atom stereocenters. The highest BCUT2D eigenvalue weighted by Gasteiger charge is 2.42. The van der Waals surface area contributed by atoms with Gasteiger partial charge in [-0.2, -0.15) is 5.10 Å². The number of phenolic OH excluding ortho intramolecular Hbond substituents is 2. The Kier molecular flexibility index (Phi) is 5.32. The summed E-state index contributed by atoms with van der Waals surface area (Å²) >= 11 is 0. The van der Waals surface area contributed by atoms with Gasteiger partial charge in [0.1, 0.15) is 17.1 Å². The van der Waals surface area contributed by atoms with Crippen LogP contribution < -0.4 is 4.74 Å². The highest BCUT2D eigenvalue weighted by Crippen LogP contribution is 2.46. The largest absolute Gasteiger partial charge is 0.507 e. The molecule has 4 N–H and O–H groups in total. The first kappa shape index (κ1) is 20.7. The van der Waals surface area contributed by atoms with Crippen molar-refractivity contribution < 1.29 is 24.9 Å². The van der Waals surface area contributed by atoms with Crippen molar-refractivity contribution in [1.29, 1.82) is 0 Å². The summed E-state index contributed by atoms with van der Waals surface area (Å²) in [5.74, 6) is 0.106. The number of aromatic nitrogens is 2. The molecule has 4 rings (SSSR count). The molecule has 0 spiro atoms. The number of H-pyrrole nitrogens is 1. The molecule has 1 amide bonds. The summed E-state index contributed by atoms with van der Waals surface area (Å²) in [6.07, 6.45) is 0. The van der Waals surface area contributed by atoms with Crippen molar-refractivity contribution in [3.8, 4) is 28.5 Å². The summed E-state index contributed by atoms with van der Waals surface area (Å²) in [5, 5.41) is 37.6. The minimum Gasteiger partial charge on any atom is -0.507 e. The molecule has 8 heteroatoms. The SMILES string of the molecule is CCOc1cc([C@H]2c3c(-c4c(C)cc(C)cc4O)n[nH]c3C(=O)N2CCO)ccc1O. The van der Waals surface area contributed by atoms with Crippen LogP contribution >= 0.6 is 0 Å². The molecule has 2 heterocycles. The predicted molar refractivity (Wildman–Crippen MR) is 114 cm³/mol. The molecule has 1 aliphatic rings. The van der Waals surface area contributed by atoms with Crippen molar-refractivity contribution in [2.45, 2.75) is 26.8 Å². The first-order valence-corrected chi connectivity index (χ1v) is 10.1. The van der Waals surface area contributed by atoms with E-state index in [2.05, 4.69) is 10.2 Å². The molecule has 0 radical (unpaired) electrons. The molecule has 0 fully saturated rings. The van der Waals surface area contributed by atoms with E-state index in [0.29, 0.717) is 40.4 Å². The van der Waals surface area contributed by atoms with Crippen LogP contribution in [0.1, 0.15) is 45.7 Å². The average molecular weight is 423 g/mol. The van der Waals surface area contributed by atoms with Gasteiger partial charge in [-0.25, -0.2) is 0 Å². The molecule has 31 heavy (non-hydrogen) atoms. The van der Waals surface area contributed by atoms with Gasteiger partial charge in [0.05, 0.1) is 19.3 Å². The van der Waals surface area contributed by atoms with E-state index in [9.17, 15) is 20.1 Å². The normalized spacial score (nSPS) is 15.4. The number of β-amino-alcohol motifs (C(OH)–C–C–N with tert-alkyl or cyclic N) is 1. The number of amides is 1. The summed E-state index contributed by atoms with van der Waals surface area (Å²) in [7, 11) is 0. The number of nitrogens with zero attached hydrogens (tertiary/aromatic N) is 2. The van der Waals surface area contributed by atoms with Crippen LogP contribution in [-0.2, 0) is 0 Å². The maximum absolute atomic E-state index is 13.1. The van der Waals surface area contributed by atoms with Crippen molar-refractivity contribution in [3.63, 3.8) is 0 Å². The van der Waals surface area contributed by atoms with Gasteiger partial charge in [0, 0.05) is 17.7 Å². The Morgan fingerprint density at radius 1 is 1.16 bits per heavy atom. The van der Waals surface area contributed by atoms with Gasteiger partial charge in [0.25, 0.3) is 5.91 Å². The smallest absolute Gasteiger partial charge is 0.273 e. The third kappa shape index (κ3) is 3.38. The summed E-state index contributed by atoms with van der Waals surface area (Å²) in [4.78, 5) is 14.7. The quantitative estimate of drug-likeness (QED) is 0.484. The fourth-order valence-electron chi connectivity index (χ4n) is 4.30. The lowest BCUT2D eigenvalue weighted by Crippen LogP contribution is -2.32. The Morgan fingerprint density at radius 3 is 2.61 bits per heavy atom. The number of benzene rings is 2. The second-order valence-corrected chi connectivity index (χ2v) is 7.62. The summed E-state index contributed by atoms with van der Waals surface area (Å²) in [6, 6.07) is 7.97. The van der Waals surface area contributed by atoms with E-state index < -0.39 is 6.04 Å². The van der Waals surface area contributed by atoms with E-state index in [-0.39, 0.29) is 30.6 Å². The van der Waals surface area contributed by atoms with Crippen molar-refractivity contribution in [2.24, 2.45) is 0 Å². The van der Waals surface area contributed by atoms with Gasteiger partial charge >= 0.3 is 0 Å². The molecule has 0 saturated heterocycles. The summed E-state index contributed by atoms with van der Waals surface area (Å²) < 4.78 is 5.53. The summed E-state index contributed by atoms with van der Waals surface area (Å²) in [5.41, 5.74) is 4.42. The molecular weight excluding hydrogens is 398 g/mol. The number of nitrogens with one attached hydrogen (secondary N) is 1. The molecule has 1 aliphatic heterocycles. The van der Waals surface area contributed by atoms with Crippen LogP contribution in [0.2, 0.25) is 0 Å². The number of aliphatic hydroxyl groups excluding tert-OH is 1. The molecule has 8 nitrogen and oxygen atoms in total. The van der Waals surface area contributed by atoms with Crippen LogP contribution in [0.4, 0.5) is 0 Å². The van der Waals surface area contributed by atoms with E-state index >= 15 is 0 Å². The van der Waals surface area contributed by atoms with Gasteiger partial charge in [-0.15, -0.1) is 0 Å². The number of aromatic hydroxyl groups is 2. The number of carbonyl (C=O) groups is 1. The van der Waals surface area contributed by atoms with E-state index in [1.165, 1.54) is 6.07 Å². The molecule has 0 bridgehead atoms. The first-order chi connectivity index (χ1) is 14.9. The van der Waals surface area contributed by atoms with Crippen molar-refractivity contribution in [1.82, 2.24) is 15.1 Å². The molecular formula is C23H25N3O5. The van der Waals surface area contributed by atoms with Crippen LogP contribution in [0.3, 0.4) is 0 Å². The predicted octanol–water partition coefficient (Wildman–Crippen LogP) is 3.04. The van der Waals surface area contributed by atoms with Gasteiger partial charge in [0.2, 0.25) is 0 Å². The molecule has 0 aliphatic carbocycles. The maximum atomic E-state index is 13.1. The summed E-state index contributed by atoms with van der Waals surface area (Å²) in [6.45, 7) is 5.88. The molecule has 3 aromatic rings. The monoisotopic (exact) mass is 423 g/mol. The third-order valence-corrected chi connectivity index (χ3v) is 5.50. The van der Waals surface area contributed by atoms with E-state index in [1.807, 2.05) is 26.8 Å². The minimum atomic E-state index is -0.566.